The molecular formula is C19H13N3O3. The van der Waals surface area contributed by atoms with Crippen LogP contribution in [0.4, 0.5) is 17.1 Å². The molecule has 0 atom stereocenters. The lowest BCUT2D eigenvalue weighted by Crippen LogP contribution is -2.16. The number of carbonyl (C=O) groups is 1. The molecule has 2 aromatic carbocycles. The summed E-state index contributed by atoms with van der Waals surface area (Å²) in [6.45, 7) is 0. The van der Waals surface area contributed by atoms with E-state index in [1.54, 1.807) is 12.4 Å². The first kappa shape index (κ1) is 14.9. The van der Waals surface area contributed by atoms with E-state index in [1.165, 1.54) is 0 Å². The van der Waals surface area contributed by atoms with Crippen LogP contribution in [0.15, 0.2) is 67.0 Å². The number of para-hydroxylation sites is 4. The number of allylic oxidation sites excluding steroid dienone is 1. The Labute approximate surface area is 143 Å². The zero-order chi connectivity index (χ0) is 17.2. The van der Waals surface area contributed by atoms with E-state index in [0.717, 1.165) is 28.9 Å². The highest BCUT2D eigenvalue weighted by Gasteiger charge is 2.25. The fourth-order valence-electron chi connectivity index (χ4n) is 2.69. The molecule has 0 fully saturated rings. The molecule has 0 saturated heterocycles. The van der Waals surface area contributed by atoms with Gasteiger partial charge in [-0.15, -0.1) is 0 Å². The first-order chi connectivity index (χ1) is 12.3. The molecule has 6 heteroatoms. The molecule has 4 rings (SSSR count). The van der Waals surface area contributed by atoms with Crippen molar-refractivity contribution < 1.29 is 14.6 Å². The van der Waals surface area contributed by atoms with Crippen LogP contribution in [0.5, 0.6) is 11.5 Å². The van der Waals surface area contributed by atoms with Crippen molar-refractivity contribution in [2.75, 3.05) is 4.90 Å². The number of rotatable bonds is 3. The van der Waals surface area contributed by atoms with Crippen molar-refractivity contribution in [2.45, 2.75) is 0 Å². The molecule has 1 aliphatic heterocycles. The van der Waals surface area contributed by atoms with Gasteiger partial charge >= 0.3 is 0 Å². The van der Waals surface area contributed by atoms with Crippen molar-refractivity contribution in [3.05, 3.63) is 72.8 Å². The first-order valence-electron chi connectivity index (χ1n) is 7.61. The highest BCUT2D eigenvalue weighted by molar-refractivity contribution is 5.85. The molecule has 2 heterocycles. The van der Waals surface area contributed by atoms with Crippen LogP contribution in [0.3, 0.4) is 0 Å². The number of hydrogen-bond acceptors (Lipinski definition) is 6. The second-order valence-electron chi connectivity index (χ2n) is 5.33. The highest BCUT2D eigenvalue weighted by Crippen LogP contribution is 2.49. The van der Waals surface area contributed by atoms with Gasteiger partial charge in [0, 0.05) is 6.08 Å². The minimum atomic E-state index is -0.274. The monoisotopic (exact) mass is 331 g/mol. The second kappa shape index (κ2) is 6.09. The van der Waals surface area contributed by atoms with E-state index in [1.807, 2.05) is 53.4 Å². The minimum absolute atomic E-state index is 0.0886. The van der Waals surface area contributed by atoms with Crippen molar-refractivity contribution >= 4 is 29.1 Å². The molecule has 1 aliphatic rings. The molecule has 1 aromatic heterocycles. The normalized spacial score (nSPS) is 12.8. The maximum atomic E-state index is 10.5. The third-order valence-electron chi connectivity index (χ3n) is 3.78. The molecule has 1 N–H and O–H groups in total. The molecule has 6 nitrogen and oxygen atoms in total. The fourth-order valence-corrected chi connectivity index (χ4v) is 2.69. The van der Waals surface area contributed by atoms with Crippen LogP contribution in [0.25, 0.3) is 5.76 Å². The Hall–Kier alpha value is -3.67. The number of aliphatic hydroxyl groups excluding tert-OH is 1. The van der Waals surface area contributed by atoms with Crippen LogP contribution in [0.2, 0.25) is 0 Å². The van der Waals surface area contributed by atoms with Gasteiger partial charge in [-0.2, -0.15) is 0 Å². The first-order valence-corrected chi connectivity index (χ1v) is 7.61. The molecule has 0 spiro atoms. The quantitative estimate of drug-likeness (QED) is 0.345. The van der Waals surface area contributed by atoms with E-state index in [9.17, 15) is 9.90 Å². The van der Waals surface area contributed by atoms with E-state index in [-0.39, 0.29) is 11.6 Å². The SMILES string of the molecule is O=CC=C(O)c1ncc(N2c3ccccc3Oc3ccccc32)cn1. The topological polar surface area (TPSA) is 75.5 Å². The summed E-state index contributed by atoms with van der Waals surface area (Å²) in [7, 11) is 0. The average Bonchev–Trinajstić information content (AvgIpc) is 2.66. The summed E-state index contributed by atoms with van der Waals surface area (Å²) >= 11 is 0. The Morgan fingerprint density at radius 1 is 0.960 bits per heavy atom. The second-order valence-corrected chi connectivity index (χ2v) is 5.33. The number of benzene rings is 2. The fraction of sp³-hybridized carbons (Fsp3) is 0. The van der Waals surface area contributed by atoms with Gasteiger partial charge in [0.2, 0.25) is 0 Å². The summed E-state index contributed by atoms with van der Waals surface area (Å²) in [5, 5.41) is 9.71. The third-order valence-corrected chi connectivity index (χ3v) is 3.78. The van der Waals surface area contributed by atoms with E-state index in [0.29, 0.717) is 12.0 Å². The summed E-state index contributed by atoms with van der Waals surface area (Å²) in [5.74, 6) is 1.28. The molecule has 122 valence electrons. The molecule has 0 unspecified atom stereocenters. The molecule has 3 aromatic rings. The van der Waals surface area contributed by atoms with Gasteiger partial charge in [-0.25, -0.2) is 9.97 Å². The van der Waals surface area contributed by atoms with E-state index in [2.05, 4.69) is 9.97 Å². The van der Waals surface area contributed by atoms with E-state index in [4.69, 9.17) is 4.74 Å². The van der Waals surface area contributed by atoms with Gasteiger partial charge in [0.1, 0.15) is 6.29 Å². The lowest BCUT2D eigenvalue weighted by atomic mass is 10.1. The molecule has 25 heavy (non-hydrogen) atoms. The number of aliphatic hydroxyl groups is 1. The smallest absolute Gasteiger partial charge is 0.194 e. The van der Waals surface area contributed by atoms with Crippen molar-refractivity contribution in [1.29, 1.82) is 0 Å². The molecule has 0 saturated carbocycles. The summed E-state index contributed by atoms with van der Waals surface area (Å²) in [6, 6.07) is 15.4. The Morgan fingerprint density at radius 3 is 2.08 bits per heavy atom. The van der Waals surface area contributed by atoms with Crippen molar-refractivity contribution in [1.82, 2.24) is 9.97 Å². The number of fused-ring (bicyclic) bond motifs is 2. The van der Waals surface area contributed by atoms with Crippen LogP contribution in [-0.4, -0.2) is 21.4 Å². The Bertz CT molecular complexity index is 922. The Kier molecular flexibility index (Phi) is 3.63. The van der Waals surface area contributed by atoms with Gasteiger partial charge in [-0.1, -0.05) is 24.3 Å². The highest BCUT2D eigenvalue weighted by atomic mass is 16.5. The summed E-state index contributed by atoms with van der Waals surface area (Å²) in [5.41, 5.74) is 2.45. The van der Waals surface area contributed by atoms with Crippen LogP contribution < -0.4 is 9.64 Å². The Balaban J connectivity index is 1.82. The van der Waals surface area contributed by atoms with Gasteiger partial charge in [0.15, 0.2) is 23.1 Å². The number of nitrogens with zero attached hydrogens (tertiary/aromatic N) is 3. The molecular weight excluding hydrogens is 318 g/mol. The van der Waals surface area contributed by atoms with Crippen molar-refractivity contribution in [3.63, 3.8) is 0 Å². The minimum Gasteiger partial charge on any atom is -0.504 e. The van der Waals surface area contributed by atoms with E-state index >= 15 is 0 Å². The maximum absolute atomic E-state index is 10.5. The van der Waals surface area contributed by atoms with E-state index < -0.39 is 0 Å². The average molecular weight is 331 g/mol. The third kappa shape index (κ3) is 2.59. The number of aldehydes is 1. The predicted molar refractivity (Wildman–Crippen MR) is 93.5 cm³/mol. The van der Waals surface area contributed by atoms with Crippen molar-refractivity contribution in [3.8, 4) is 11.5 Å². The Morgan fingerprint density at radius 2 is 1.52 bits per heavy atom. The summed E-state index contributed by atoms with van der Waals surface area (Å²) in [4.78, 5) is 20.7. The zero-order valence-corrected chi connectivity index (χ0v) is 13.0. The largest absolute Gasteiger partial charge is 0.504 e. The summed E-state index contributed by atoms with van der Waals surface area (Å²) < 4.78 is 5.95. The van der Waals surface area contributed by atoms with Crippen LogP contribution in [-0.2, 0) is 4.79 Å². The standard InChI is InChI=1S/C19H13N3O3/c23-10-9-16(24)19-20-11-13(12-21-19)22-14-5-1-3-7-17(14)25-18-8-4-2-6-15(18)22/h1-12,24H. The van der Waals surface area contributed by atoms with Crippen LogP contribution in [0.1, 0.15) is 5.82 Å². The summed E-state index contributed by atoms with van der Waals surface area (Å²) in [6.07, 6.45) is 4.68. The van der Waals surface area contributed by atoms with Crippen molar-refractivity contribution in [2.24, 2.45) is 0 Å². The van der Waals surface area contributed by atoms with Crippen LogP contribution in [0, 0.1) is 0 Å². The molecule has 0 aliphatic carbocycles. The van der Waals surface area contributed by atoms with Gasteiger partial charge < -0.3 is 14.7 Å². The molecule has 0 bridgehead atoms. The lowest BCUT2D eigenvalue weighted by Gasteiger charge is -2.32. The molecule has 0 amide bonds. The van der Waals surface area contributed by atoms with Crippen LogP contribution >= 0.6 is 0 Å². The number of carbonyl (C=O) groups excluding carboxylic acids is 1. The number of anilines is 3. The zero-order valence-electron chi connectivity index (χ0n) is 13.0. The lowest BCUT2D eigenvalue weighted by molar-refractivity contribution is -0.104. The maximum Gasteiger partial charge on any atom is 0.194 e. The van der Waals surface area contributed by atoms with Gasteiger partial charge in [-0.05, 0) is 24.3 Å². The molecule has 0 radical (unpaired) electrons. The van der Waals surface area contributed by atoms with Gasteiger partial charge in [0.25, 0.3) is 0 Å². The van der Waals surface area contributed by atoms with Gasteiger partial charge in [-0.3, -0.25) is 4.79 Å². The number of ether oxygens (including phenoxy) is 1. The number of aromatic nitrogens is 2. The number of hydrogen-bond donors (Lipinski definition) is 1. The van der Waals surface area contributed by atoms with Gasteiger partial charge in [0.05, 0.1) is 29.5 Å². The predicted octanol–water partition coefficient (Wildman–Crippen LogP) is 4.15.